The van der Waals surface area contributed by atoms with Crippen LogP contribution < -0.4 is 0 Å². The Labute approximate surface area is 125 Å². The lowest BCUT2D eigenvalue weighted by atomic mass is 10.1. The molecule has 0 N–H and O–H groups in total. The molecule has 0 unspecified atom stereocenters. The molecule has 0 aliphatic rings. The van der Waals surface area contributed by atoms with Crippen molar-refractivity contribution >= 4 is 45.2 Å². The Morgan fingerprint density at radius 1 is 1.22 bits per heavy atom. The number of halogens is 1. The fourth-order valence-electron chi connectivity index (χ4n) is 1.36. The number of ketones is 1. The topological polar surface area (TPSA) is 26.3 Å². The maximum Gasteiger partial charge on any atom is 0.229 e. The summed E-state index contributed by atoms with van der Waals surface area (Å²) < 4.78 is 7.37. The van der Waals surface area contributed by atoms with E-state index in [0.717, 1.165) is 8.71 Å². The van der Waals surface area contributed by atoms with Gasteiger partial charge in [0.05, 0.1) is 10.8 Å². The molecule has 1 aromatic carbocycles. The zero-order valence-electron chi connectivity index (χ0n) is 10.5. The number of allylic oxidation sites excluding steroid dienone is 1. The number of Topliss-reactive ketones (excluding diaryl/α,β-unsaturated/α-hetero) is 1. The van der Waals surface area contributed by atoms with Crippen molar-refractivity contribution in [3.63, 3.8) is 0 Å². The molecular formula is C13H15BrO2S2. The van der Waals surface area contributed by atoms with Crippen molar-refractivity contribution in [3.8, 4) is 0 Å². The minimum atomic E-state index is -0.0666. The molecule has 0 radical (unpaired) electrons. The van der Waals surface area contributed by atoms with Gasteiger partial charge in [0.15, 0.2) is 5.76 Å². The van der Waals surface area contributed by atoms with Crippen molar-refractivity contribution in [2.75, 3.05) is 19.1 Å². The van der Waals surface area contributed by atoms with Gasteiger partial charge < -0.3 is 4.74 Å². The normalized spacial score (nSPS) is 10.0. The largest absolute Gasteiger partial charge is 0.488 e. The summed E-state index contributed by atoms with van der Waals surface area (Å²) in [5, 5.41) is 0. The van der Waals surface area contributed by atoms with Gasteiger partial charge in [-0.05, 0) is 43.7 Å². The first-order valence-electron chi connectivity index (χ1n) is 5.39. The predicted molar refractivity (Wildman–Crippen MR) is 84.2 cm³/mol. The number of thioether (sulfide) groups is 2. The molecule has 0 aromatic heterocycles. The Morgan fingerprint density at radius 3 is 2.22 bits per heavy atom. The van der Waals surface area contributed by atoms with Gasteiger partial charge in [0.2, 0.25) is 5.78 Å². The lowest BCUT2D eigenvalue weighted by Crippen LogP contribution is -2.08. The van der Waals surface area contributed by atoms with Crippen LogP contribution in [0.2, 0.25) is 0 Å². The van der Waals surface area contributed by atoms with Crippen LogP contribution in [-0.2, 0) is 4.74 Å². The van der Waals surface area contributed by atoms with Crippen LogP contribution >= 0.6 is 39.5 Å². The molecule has 1 rings (SSSR count). The molecule has 5 heteroatoms. The minimum Gasteiger partial charge on any atom is -0.488 e. The second-order valence-corrected chi connectivity index (χ2v) is 6.10. The lowest BCUT2D eigenvalue weighted by molar-refractivity contribution is 0.0927. The highest BCUT2D eigenvalue weighted by Gasteiger charge is 2.18. The van der Waals surface area contributed by atoms with Gasteiger partial charge in [-0.2, -0.15) is 0 Å². The number of hydrogen-bond acceptors (Lipinski definition) is 4. The van der Waals surface area contributed by atoms with Gasteiger partial charge in [-0.3, -0.25) is 4.79 Å². The molecule has 0 aliphatic heterocycles. The molecule has 0 saturated heterocycles. The van der Waals surface area contributed by atoms with Gasteiger partial charge in [0, 0.05) is 10.0 Å². The summed E-state index contributed by atoms with van der Waals surface area (Å²) in [5.41, 5.74) is 0.641. The number of benzene rings is 1. The zero-order chi connectivity index (χ0) is 13.5. The van der Waals surface area contributed by atoms with Crippen LogP contribution in [0.1, 0.15) is 17.3 Å². The Morgan fingerprint density at radius 2 is 1.78 bits per heavy atom. The summed E-state index contributed by atoms with van der Waals surface area (Å²) >= 11 is 6.42. The van der Waals surface area contributed by atoms with Crippen LogP contribution in [-0.4, -0.2) is 24.9 Å². The van der Waals surface area contributed by atoms with E-state index in [-0.39, 0.29) is 5.78 Å². The summed E-state index contributed by atoms with van der Waals surface area (Å²) in [7, 11) is 0. The van der Waals surface area contributed by atoms with E-state index in [1.807, 2.05) is 31.6 Å². The van der Waals surface area contributed by atoms with E-state index in [4.69, 9.17) is 4.74 Å². The molecule has 2 nitrogen and oxygen atoms in total. The molecule has 1 aromatic rings. The fraction of sp³-hybridized carbons (Fsp3) is 0.308. The smallest absolute Gasteiger partial charge is 0.229 e. The summed E-state index contributed by atoms with van der Waals surface area (Å²) in [5.74, 6) is 0.378. The molecule has 0 fully saturated rings. The maximum atomic E-state index is 12.4. The Hall–Kier alpha value is -0.390. The summed E-state index contributed by atoms with van der Waals surface area (Å²) in [6.07, 6.45) is 3.89. The Balaban J connectivity index is 3.10. The van der Waals surface area contributed by atoms with Crippen molar-refractivity contribution in [3.05, 3.63) is 44.3 Å². The molecule has 0 heterocycles. The SMILES string of the molecule is CCOC(C(=O)c1ccc(Br)cc1)=C(SC)SC. The van der Waals surface area contributed by atoms with Gasteiger partial charge in [0.1, 0.15) is 0 Å². The highest BCUT2D eigenvalue weighted by molar-refractivity contribution is 9.10. The molecule has 0 aliphatic carbocycles. The molecule has 18 heavy (non-hydrogen) atoms. The highest BCUT2D eigenvalue weighted by atomic mass is 79.9. The molecule has 0 saturated carbocycles. The first-order chi connectivity index (χ1) is 8.63. The number of ether oxygens (including phenoxy) is 1. The number of rotatable bonds is 6. The van der Waals surface area contributed by atoms with E-state index in [2.05, 4.69) is 15.9 Å². The predicted octanol–water partition coefficient (Wildman–Crippen LogP) is 4.56. The van der Waals surface area contributed by atoms with E-state index in [9.17, 15) is 4.79 Å². The summed E-state index contributed by atoms with van der Waals surface area (Å²) in [6.45, 7) is 2.37. The molecule has 0 bridgehead atoms. The minimum absolute atomic E-state index is 0.0666. The second kappa shape index (κ2) is 7.92. The van der Waals surface area contributed by atoms with Crippen LogP contribution in [0.25, 0.3) is 0 Å². The fourth-order valence-corrected chi connectivity index (χ4v) is 2.97. The summed E-state index contributed by atoms with van der Waals surface area (Å²) in [6, 6.07) is 7.30. The van der Waals surface area contributed by atoms with Crippen LogP contribution in [0.4, 0.5) is 0 Å². The van der Waals surface area contributed by atoms with E-state index in [1.165, 1.54) is 23.5 Å². The lowest BCUT2D eigenvalue weighted by Gasteiger charge is -2.11. The van der Waals surface area contributed by atoms with E-state index >= 15 is 0 Å². The van der Waals surface area contributed by atoms with Crippen molar-refractivity contribution < 1.29 is 9.53 Å². The average molecular weight is 347 g/mol. The van der Waals surface area contributed by atoms with Crippen LogP contribution in [0.3, 0.4) is 0 Å². The number of hydrogen-bond donors (Lipinski definition) is 0. The van der Waals surface area contributed by atoms with Gasteiger partial charge >= 0.3 is 0 Å². The van der Waals surface area contributed by atoms with Gasteiger partial charge in [-0.1, -0.05) is 15.9 Å². The standard InChI is InChI=1S/C13H15BrO2S2/c1-4-16-12(13(17-2)18-3)11(15)9-5-7-10(14)8-6-9/h5-8H,4H2,1-3H3. The van der Waals surface area contributed by atoms with E-state index in [1.54, 1.807) is 12.1 Å². The molecule has 0 atom stereocenters. The quantitative estimate of drug-likeness (QED) is 0.428. The monoisotopic (exact) mass is 346 g/mol. The third-order valence-corrected chi connectivity index (χ3v) is 4.80. The Kier molecular flexibility index (Phi) is 6.89. The van der Waals surface area contributed by atoms with Crippen LogP contribution in [0.5, 0.6) is 0 Å². The molecule has 0 amide bonds. The van der Waals surface area contributed by atoms with Crippen LogP contribution in [0.15, 0.2) is 38.7 Å². The average Bonchev–Trinajstić information content (AvgIpc) is 2.39. The van der Waals surface area contributed by atoms with Crippen LogP contribution in [0, 0.1) is 0 Å². The molecular weight excluding hydrogens is 332 g/mol. The highest BCUT2D eigenvalue weighted by Crippen LogP contribution is 2.30. The van der Waals surface area contributed by atoms with Crippen molar-refractivity contribution in [1.29, 1.82) is 0 Å². The Bertz CT molecular complexity index is 435. The van der Waals surface area contributed by atoms with Crippen molar-refractivity contribution in [2.45, 2.75) is 6.92 Å². The second-order valence-electron chi connectivity index (χ2n) is 3.29. The van der Waals surface area contributed by atoms with E-state index < -0.39 is 0 Å². The zero-order valence-corrected chi connectivity index (χ0v) is 13.7. The summed E-state index contributed by atoms with van der Waals surface area (Å²) in [4.78, 5) is 12.4. The molecule has 98 valence electrons. The first-order valence-corrected chi connectivity index (χ1v) is 8.63. The third kappa shape index (κ3) is 4.07. The number of carbonyl (C=O) groups excluding carboxylic acids is 1. The van der Waals surface area contributed by atoms with Gasteiger partial charge in [-0.25, -0.2) is 0 Å². The molecule has 0 spiro atoms. The first kappa shape index (κ1) is 15.7. The van der Waals surface area contributed by atoms with Crippen molar-refractivity contribution in [1.82, 2.24) is 0 Å². The van der Waals surface area contributed by atoms with Crippen molar-refractivity contribution in [2.24, 2.45) is 0 Å². The number of carbonyl (C=O) groups is 1. The maximum absolute atomic E-state index is 12.4. The van der Waals surface area contributed by atoms with Gasteiger partial charge in [0.25, 0.3) is 0 Å². The third-order valence-electron chi connectivity index (χ3n) is 2.16. The van der Waals surface area contributed by atoms with Gasteiger partial charge in [-0.15, -0.1) is 23.5 Å². The van der Waals surface area contributed by atoms with E-state index in [0.29, 0.717) is 17.9 Å².